The van der Waals surface area contributed by atoms with Crippen molar-refractivity contribution in [2.75, 3.05) is 6.54 Å². The molecule has 1 aliphatic rings. The van der Waals surface area contributed by atoms with Gasteiger partial charge in [0, 0.05) is 19.4 Å². The highest BCUT2D eigenvalue weighted by atomic mass is 16.5. The summed E-state index contributed by atoms with van der Waals surface area (Å²) in [5.41, 5.74) is 1.77. The molecular weight excluding hydrogens is 468 g/mol. The van der Waals surface area contributed by atoms with Crippen molar-refractivity contribution in [3.8, 4) is 6.07 Å². The van der Waals surface area contributed by atoms with Crippen LogP contribution in [0.1, 0.15) is 76.0 Å². The molecule has 0 aromatic heterocycles. The van der Waals surface area contributed by atoms with E-state index in [9.17, 15) is 4.79 Å². The number of hydrogen-bond donors (Lipinski definition) is 0. The molecule has 0 radical (unpaired) electrons. The third-order valence-electron chi connectivity index (χ3n) is 7.68. The summed E-state index contributed by atoms with van der Waals surface area (Å²) in [6, 6.07) is 33.4. The van der Waals surface area contributed by atoms with E-state index in [0.29, 0.717) is 25.3 Å². The standard InChI is InChI=1S/C34H40N2O2/c1-27(2)26-36-31(25-33(3,32(36)37)23-15-4-5-16-24-35)38-34(28-17-9-6-10-18-28,29-19-11-7-12-20-29)30-21-13-8-14-22-30/h6-14,17-22,27,31H,4-5,15-16,23,25-26H2,1-3H3/t31-,33+/m0/s1. The summed E-state index contributed by atoms with van der Waals surface area (Å²) in [7, 11) is 0. The molecule has 0 saturated carbocycles. The van der Waals surface area contributed by atoms with E-state index in [1.807, 2.05) is 23.1 Å². The SMILES string of the molecule is CC(C)CN1C(=O)[C@](C)(CCCCCC#N)C[C@@H]1OC(c1ccccc1)(c1ccccc1)c1ccccc1. The van der Waals surface area contributed by atoms with E-state index in [1.54, 1.807) is 0 Å². The summed E-state index contributed by atoms with van der Waals surface area (Å²) in [5.74, 6) is 0.502. The minimum absolute atomic E-state index is 0.180. The van der Waals surface area contributed by atoms with Crippen LogP contribution >= 0.6 is 0 Å². The second-order valence-electron chi connectivity index (χ2n) is 11.2. The van der Waals surface area contributed by atoms with Crippen LogP contribution < -0.4 is 0 Å². The number of ether oxygens (including phenoxy) is 1. The van der Waals surface area contributed by atoms with Crippen molar-refractivity contribution in [2.24, 2.45) is 11.3 Å². The lowest BCUT2D eigenvalue weighted by Crippen LogP contribution is -2.45. The first-order valence-corrected chi connectivity index (χ1v) is 13.9. The molecule has 0 aliphatic carbocycles. The zero-order valence-corrected chi connectivity index (χ0v) is 23.0. The molecule has 38 heavy (non-hydrogen) atoms. The summed E-state index contributed by atoms with van der Waals surface area (Å²) >= 11 is 0. The zero-order valence-electron chi connectivity index (χ0n) is 23.0. The molecule has 3 aromatic carbocycles. The second-order valence-corrected chi connectivity index (χ2v) is 11.2. The highest BCUT2D eigenvalue weighted by Gasteiger charge is 2.52. The van der Waals surface area contributed by atoms with E-state index < -0.39 is 11.0 Å². The Hall–Kier alpha value is -3.42. The molecule has 3 aromatic rings. The molecule has 198 valence electrons. The van der Waals surface area contributed by atoms with E-state index in [1.165, 1.54) is 0 Å². The van der Waals surface area contributed by atoms with Crippen molar-refractivity contribution in [1.29, 1.82) is 5.26 Å². The predicted octanol–water partition coefficient (Wildman–Crippen LogP) is 7.69. The second kappa shape index (κ2) is 12.4. The summed E-state index contributed by atoms with van der Waals surface area (Å²) in [5, 5.41) is 8.89. The maximum Gasteiger partial charge on any atom is 0.230 e. The van der Waals surface area contributed by atoms with Gasteiger partial charge in [-0.25, -0.2) is 0 Å². The van der Waals surface area contributed by atoms with Crippen LogP contribution in [0.5, 0.6) is 0 Å². The molecule has 1 heterocycles. The Bertz CT molecular complexity index is 1110. The largest absolute Gasteiger partial charge is 0.338 e. The van der Waals surface area contributed by atoms with Gasteiger partial charge in [0.1, 0.15) is 11.8 Å². The Morgan fingerprint density at radius 2 is 1.39 bits per heavy atom. The normalized spacial score (nSPS) is 19.6. The fourth-order valence-electron chi connectivity index (χ4n) is 5.79. The number of nitrogens with zero attached hydrogens (tertiary/aromatic N) is 2. The molecule has 0 N–H and O–H groups in total. The summed E-state index contributed by atoms with van der Waals surface area (Å²) in [6.07, 6.45) is 4.45. The minimum atomic E-state index is -0.873. The summed E-state index contributed by atoms with van der Waals surface area (Å²) < 4.78 is 7.34. The van der Waals surface area contributed by atoms with E-state index >= 15 is 0 Å². The highest BCUT2D eigenvalue weighted by molar-refractivity contribution is 5.84. The highest BCUT2D eigenvalue weighted by Crippen LogP contribution is 2.47. The predicted molar refractivity (Wildman–Crippen MR) is 152 cm³/mol. The van der Waals surface area contributed by atoms with Crippen LogP contribution in [0, 0.1) is 22.7 Å². The van der Waals surface area contributed by atoms with Gasteiger partial charge in [-0.05, 0) is 35.4 Å². The van der Waals surface area contributed by atoms with Crippen LogP contribution in [-0.2, 0) is 15.1 Å². The Labute approximate surface area is 228 Å². The first-order chi connectivity index (χ1) is 18.4. The molecule has 2 atom stereocenters. The third kappa shape index (κ3) is 5.84. The van der Waals surface area contributed by atoms with Gasteiger partial charge in [-0.3, -0.25) is 4.79 Å². The van der Waals surface area contributed by atoms with Gasteiger partial charge in [0.25, 0.3) is 0 Å². The van der Waals surface area contributed by atoms with Gasteiger partial charge in [0.15, 0.2) is 0 Å². The number of rotatable bonds is 12. The lowest BCUT2D eigenvalue weighted by molar-refractivity contribution is -0.149. The van der Waals surface area contributed by atoms with Crippen molar-refractivity contribution >= 4 is 5.91 Å². The van der Waals surface area contributed by atoms with Gasteiger partial charge in [0.2, 0.25) is 5.91 Å². The number of likely N-dealkylation sites (tertiary alicyclic amines) is 1. The average molecular weight is 509 g/mol. The lowest BCUT2D eigenvalue weighted by Gasteiger charge is -2.40. The van der Waals surface area contributed by atoms with Crippen molar-refractivity contribution in [2.45, 2.75) is 71.1 Å². The Balaban J connectivity index is 1.78. The van der Waals surface area contributed by atoms with Gasteiger partial charge >= 0.3 is 0 Å². The number of benzene rings is 3. The van der Waals surface area contributed by atoms with Crippen molar-refractivity contribution < 1.29 is 9.53 Å². The summed E-state index contributed by atoms with van der Waals surface area (Å²) in [6.45, 7) is 7.06. The number of nitriles is 1. The molecule has 1 amide bonds. The van der Waals surface area contributed by atoms with Gasteiger partial charge < -0.3 is 9.64 Å². The maximum absolute atomic E-state index is 14.0. The first kappa shape index (κ1) is 27.6. The van der Waals surface area contributed by atoms with Crippen molar-refractivity contribution in [1.82, 2.24) is 4.90 Å². The minimum Gasteiger partial charge on any atom is -0.338 e. The van der Waals surface area contributed by atoms with Gasteiger partial charge in [-0.1, -0.05) is 125 Å². The fourth-order valence-corrected chi connectivity index (χ4v) is 5.79. The molecule has 1 saturated heterocycles. The molecule has 0 unspecified atom stereocenters. The van der Waals surface area contributed by atoms with Gasteiger partial charge in [0.05, 0.1) is 11.5 Å². The first-order valence-electron chi connectivity index (χ1n) is 13.9. The number of carbonyl (C=O) groups is 1. The quantitative estimate of drug-likeness (QED) is 0.186. The van der Waals surface area contributed by atoms with Crippen LogP contribution in [0.15, 0.2) is 91.0 Å². The zero-order chi connectivity index (χ0) is 27.0. The lowest BCUT2D eigenvalue weighted by atomic mass is 9.79. The molecule has 4 heteroatoms. The third-order valence-corrected chi connectivity index (χ3v) is 7.68. The Morgan fingerprint density at radius 1 is 0.895 bits per heavy atom. The van der Waals surface area contributed by atoms with Crippen LogP contribution in [0.25, 0.3) is 0 Å². The molecule has 4 nitrogen and oxygen atoms in total. The summed E-state index contributed by atoms with van der Waals surface area (Å²) in [4.78, 5) is 16.0. The average Bonchev–Trinajstić information content (AvgIpc) is 3.17. The molecule has 1 aliphatic heterocycles. The Morgan fingerprint density at radius 3 is 1.84 bits per heavy atom. The fraction of sp³-hybridized carbons (Fsp3) is 0.412. The van der Waals surface area contributed by atoms with Gasteiger partial charge in [-0.2, -0.15) is 5.26 Å². The molecule has 0 spiro atoms. The maximum atomic E-state index is 14.0. The molecule has 1 fully saturated rings. The molecule has 4 rings (SSSR count). The number of carbonyl (C=O) groups excluding carboxylic acids is 1. The van der Waals surface area contributed by atoms with E-state index in [4.69, 9.17) is 10.00 Å². The van der Waals surface area contributed by atoms with E-state index in [0.717, 1.165) is 42.4 Å². The van der Waals surface area contributed by atoms with Crippen LogP contribution in [0.2, 0.25) is 0 Å². The number of amides is 1. The van der Waals surface area contributed by atoms with Crippen LogP contribution in [0.3, 0.4) is 0 Å². The monoisotopic (exact) mass is 508 g/mol. The number of hydrogen-bond acceptors (Lipinski definition) is 3. The Kier molecular flexibility index (Phi) is 9.02. The van der Waals surface area contributed by atoms with Gasteiger partial charge in [-0.15, -0.1) is 0 Å². The number of unbranched alkanes of at least 4 members (excludes halogenated alkanes) is 3. The molecular formula is C34H40N2O2. The van der Waals surface area contributed by atoms with Crippen LogP contribution in [-0.4, -0.2) is 23.6 Å². The van der Waals surface area contributed by atoms with Crippen LogP contribution in [0.4, 0.5) is 0 Å². The van der Waals surface area contributed by atoms with Crippen molar-refractivity contribution in [3.05, 3.63) is 108 Å². The molecule has 0 bridgehead atoms. The topological polar surface area (TPSA) is 53.3 Å². The van der Waals surface area contributed by atoms with Crippen molar-refractivity contribution in [3.63, 3.8) is 0 Å². The van der Waals surface area contributed by atoms with E-state index in [-0.39, 0.29) is 12.1 Å². The van der Waals surface area contributed by atoms with E-state index in [2.05, 4.69) is 99.6 Å². The smallest absolute Gasteiger partial charge is 0.230 e.